The number of nitrogens with one attached hydrogen (secondary N) is 1. The highest BCUT2D eigenvalue weighted by atomic mass is 32.2. The molecule has 0 aliphatic rings. The fourth-order valence-electron chi connectivity index (χ4n) is 1.33. The average Bonchev–Trinajstić information content (AvgIpc) is 2.76. The van der Waals surface area contributed by atoms with Crippen LogP contribution in [0.2, 0.25) is 0 Å². The third-order valence-corrected chi connectivity index (χ3v) is 3.58. The Hall–Kier alpha value is -1.87. The van der Waals surface area contributed by atoms with E-state index in [0.29, 0.717) is 11.9 Å². The van der Waals surface area contributed by atoms with Crippen molar-refractivity contribution in [1.29, 1.82) is 0 Å². The molecule has 0 bridgehead atoms. The first-order chi connectivity index (χ1) is 8.88. The lowest BCUT2D eigenvalue weighted by atomic mass is 10.3. The van der Waals surface area contributed by atoms with Gasteiger partial charge in [0.05, 0.1) is 6.54 Å². The Morgan fingerprint density at radius 1 is 1.37 bits per heavy atom. The molecule has 102 valence electrons. The first kappa shape index (κ1) is 13.6. The smallest absolute Gasteiger partial charge is 0.244 e. The molecular weight excluding hydrogens is 280 g/mol. The van der Waals surface area contributed by atoms with Crippen molar-refractivity contribution in [1.82, 2.24) is 14.9 Å². The van der Waals surface area contributed by atoms with Crippen LogP contribution >= 0.6 is 0 Å². The highest BCUT2D eigenvalue weighted by Gasteiger charge is 2.20. The Balaban J connectivity index is 2.20. The summed E-state index contributed by atoms with van der Waals surface area (Å²) >= 11 is 0. The fraction of sp³-hybridized carbons (Fsp3) is 0.200. The summed E-state index contributed by atoms with van der Waals surface area (Å²) in [7, 11) is -4.20. The summed E-state index contributed by atoms with van der Waals surface area (Å²) in [4.78, 5) is 3.00. The molecule has 0 saturated carbocycles. The SMILES string of the molecule is Cc1noc(CNS(=O)(=O)c2cc(F)ccc2F)n1. The molecular formula is C10H9F2N3O3S. The van der Waals surface area contributed by atoms with Gasteiger partial charge in [0.25, 0.3) is 0 Å². The van der Waals surface area contributed by atoms with Crippen molar-refractivity contribution >= 4 is 10.0 Å². The van der Waals surface area contributed by atoms with Crippen LogP contribution in [0.5, 0.6) is 0 Å². The third kappa shape index (κ3) is 3.12. The number of halogens is 2. The molecule has 0 aliphatic carbocycles. The van der Waals surface area contributed by atoms with E-state index in [1.807, 2.05) is 4.72 Å². The molecule has 0 radical (unpaired) electrons. The molecule has 1 heterocycles. The van der Waals surface area contributed by atoms with E-state index in [9.17, 15) is 17.2 Å². The second-order valence-electron chi connectivity index (χ2n) is 3.63. The molecule has 1 aromatic carbocycles. The van der Waals surface area contributed by atoms with Gasteiger partial charge in [-0.2, -0.15) is 4.98 Å². The van der Waals surface area contributed by atoms with Gasteiger partial charge in [0, 0.05) is 0 Å². The van der Waals surface area contributed by atoms with E-state index in [2.05, 4.69) is 10.1 Å². The van der Waals surface area contributed by atoms with Gasteiger partial charge in [-0.05, 0) is 25.1 Å². The number of hydrogen-bond acceptors (Lipinski definition) is 5. The van der Waals surface area contributed by atoms with Gasteiger partial charge in [-0.15, -0.1) is 0 Å². The number of nitrogens with zero attached hydrogens (tertiary/aromatic N) is 2. The summed E-state index contributed by atoms with van der Waals surface area (Å²) < 4.78 is 56.6. The largest absolute Gasteiger partial charge is 0.338 e. The topological polar surface area (TPSA) is 85.1 Å². The Morgan fingerprint density at radius 2 is 2.11 bits per heavy atom. The van der Waals surface area contributed by atoms with Gasteiger partial charge in [0.15, 0.2) is 5.82 Å². The standard InChI is InChI=1S/C10H9F2N3O3S/c1-6-14-10(18-15-6)5-13-19(16,17)9-4-7(11)2-3-8(9)12/h2-4,13H,5H2,1H3. The van der Waals surface area contributed by atoms with Crippen LogP contribution in [-0.4, -0.2) is 18.6 Å². The molecule has 1 N–H and O–H groups in total. The minimum absolute atomic E-state index is 0.0258. The fourth-order valence-corrected chi connectivity index (χ4v) is 2.39. The third-order valence-electron chi connectivity index (χ3n) is 2.17. The number of benzene rings is 1. The number of rotatable bonds is 4. The monoisotopic (exact) mass is 289 g/mol. The molecule has 0 saturated heterocycles. The maximum atomic E-state index is 13.4. The van der Waals surface area contributed by atoms with Crippen molar-refractivity contribution in [3.63, 3.8) is 0 Å². The Kier molecular flexibility index (Phi) is 3.58. The molecule has 2 aromatic rings. The lowest BCUT2D eigenvalue weighted by molar-refractivity contribution is 0.372. The number of aryl methyl sites for hydroxylation is 1. The molecule has 1 aromatic heterocycles. The summed E-state index contributed by atoms with van der Waals surface area (Å²) in [6, 6.07) is 2.16. The Labute approximate surface area is 107 Å². The number of hydrogen-bond donors (Lipinski definition) is 1. The first-order valence-corrected chi connectivity index (χ1v) is 6.61. The van der Waals surface area contributed by atoms with E-state index in [-0.39, 0.29) is 12.4 Å². The second kappa shape index (κ2) is 5.02. The zero-order chi connectivity index (χ0) is 14.0. The second-order valence-corrected chi connectivity index (χ2v) is 5.37. The van der Waals surface area contributed by atoms with Crippen LogP contribution in [0.25, 0.3) is 0 Å². The van der Waals surface area contributed by atoms with Crippen LogP contribution in [0.3, 0.4) is 0 Å². The molecule has 2 rings (SSSR count). The van der Waals surface area contributed by atoms with Gasteiger partial charge >= 0.3 is 0 Å². The van der Waals surface area contributed by atoms with Crippen molar-refractivity contribution in [2.24, 2.45) is 0 Å². The van der Waals surface area contributed by atoms with Crippen molar-refractivity contribution in [3.05, 3.63) is 41.5 Å². The van der Waals surface area contributed by atoms with E-state index in [0.717, 1.165) is 12.1 Å². The van der Waals surface area contributed by atoms with E-state index < -0.39 is 26.6 Å². The summed E-state index contributed by atoms with van der Waals surface area (Å²) in [5.41, 5.74) is 0. The van der Waals surface area contributed by atoms with Crippen molar-refractivity contribution < 1.29 is 21.7 Å². The lowest BCUT2D eigenvalue weighted by Crippen LogP contribution is -2.24. The predicted octanol–water partition coefficient (Wildman–Crippen LogP) is 1.13. The molecule has 9 heteroatoms. The zero-order valence-electron chi connectivity index (χ0n) is 9.72. The van der Waals surface area contributed by atoms with Gasteiger partial charge in [-0.25, -0.2) is 21.9 Å². The highest BCUT2D eigenvalue weighted by molar-refractivity contribution is 7.89. The van der Waals surface area contributed by atoms with E-state index in [4.69, 9.17) is 4.52 Å². The van der Waals surface area contributed by atoms with Gasteiger partial charge in [-0.1, -0.05) is 5.16 Å². The summed E-state index contributed by atoms with van der Waals surface area (Å²) in [5.74, 6) is -1.53. The quantitative estimate of drug-likeness (QED) is 0.912. The van der Waals surface area contributed by atoms with E-state index >= 15 is 0 Å². The molecule has 0 unspecified atom stereocenters. The van der Waals surface area contributed by atoms with Crippen LogP contribution in [-0.2, 0) is 16.6 Å². The van der Waals surface area contributed by atoms with Gasteiger partial charge in [-0.3, -0.25) is 0 Å². The molecule has 6 nitrogen and oxygen atoms in total. The number of sulfonamides is 1. The van der Waals surface area contributed by atoms with Crippen LogP contribution in [0.1, 0.15) is 11.7 Å². The molecule has 19 heavy (non-hydrogen) atoms. The molecule has 0 spiro atoms. The number of aromatic nitrogens is 2. The van der Waals surface area contributed by atoms with Crippen molar-refractivity contribution in [3.8, 4) is 0 Å². The minimum Gasteiger partial charge on any atom is -0.338 e. The molecule has 0 fully saturated rings. The van der Waals surface area contributed by atoms with E-state index in [1.54, 1.807) is 6.92 Å². The molecule has 0 atom stereocenters. The normalized spacial score (nSPS) is 11.7. The molecule has 0 amide bonds. The minimum atomic E-state index is -4.20. The van der Waals surface area contributed by atoms with Gasteiger partial charge in [0.2, 0.25) is 15.9 Å². The summed E-state index contributed by atoms with van der Waals surface area (Å²) in [6.07, 6.45) is 0. The van der Waals surface area contributed by atoms with Crippen LogP contribution in [0, 0.1) is 18.6 Å². The van der Waals surface area contributed by atoms with Gasteiger partial charge < -0.3 is 4.52 Å². The Morgan fingerprint density at radius 3 is 2.74 bits per heavy atom. The van der Waals surface area contributed by atoms with Crippen LogP contribution in [0.15, 0.2) is 27.6 Å². The average molecular weight is 289 g/mol. The van der Waals surface area contributed by atoms with Crippen molar-refractivity contribution in [2.75, 3.05) is 0 Å². The van der Waals surface area contributed by atoms with Crippen molar-refractivity contribution in [2.45, 2.75) is 18.4 Å². The van der Waals surface area contributed by atoms with Gasteiger partial charge in [0.1, 0.15) is 16.5 Å². The predicted molar refractivity (Wildman–Crippen MR) is 59.4 cm³/mol. The van der Waals surface area contributed by atoms with Crippen LogP contribution in [0.4, 0.5) is 8.78 Å². The molecule has 0 aliphatic heterocycles. The zero-order valence-corrected chi connectivity index (χ0v) is 10.5. The maximum absolute atomic E-state index is 13.4. The summed E-state index contributed by atoms with van der Waals surface area (Å²) in [6.45, 7) is 1.26. The summed E-state index contributed by atoms with van der Waals surface area (Å²) in [5, 5.41) is 3.47. The van der Waals surface area contributed by atoms with Crippen LogP contribution < -0.4 is 4.72 Å². The highest BCUT2D eigenvalue weighted by Crippen LogP contribution is 2.15. The lowest BCUT2D eigenvalue weighted by Gasteiger charge is -2.05. The Bertz CT molecular complexity index is 700. The first-order valence-electron chi connectivity index (χ1n) is 5.12. The maximum Gasteiger partial charge on any atom is 0.244 e. The van der Waals surface area contributed by atoms with E-state index in [1.165, 1.54) is 0 Å².